The smallest absolute Gasteiger partial charge is 0.236 e. The number of hydrogen-bond donors (Lipinski definition) is 1. The van der Waals surface area contributed by atoms with Gasteiger partial charge in [-0.1, -0.05) is 17.7 Å². The maximum absolute atomic E-state index is 11.4. The molecule has 0 unspecified atom stereocenters. The number of benzene rings is 1. The van der Waals surface area contributed by atoms with Crippen molar-refractivity contribution in [3.8, 4) is 5.75 Å². The molecule has 0 radical (unpaired) electrons. The zero-order chi connectivity index (χ0) is 13.7. The topological polar surface area (TPSA) is 55.6 Å². The van der Waals surface area contributed by atoms with Crippen LogP contribution in [0.15, 0.2) is 12.1 Å². The van der Waals surface area contributed by atoms with Gasteiger partial charge in [-0.25, -0.2) is 5.84 Å². The Balaban J connectivity index is 2.70. The third-order valence-electron chi connectivity index (χ3n) is 2.93. The van der Waals surface area contributed by atoms with Crippen molar-refractivity contribution in [2.45, 2.75) is 33.1 Å². The zero-order valence-corrected chi connectivity index (χ0v) is 11.6. The summed E-state index contributed by atoms with van der Waals surface area (Å²) < 4.78 is 5.42. The van der Waals surface area contributed by atoms with Gasteiger partial charge >= 0.3 is 0 Å². The van der Waals surface area contributed by atoms with Crippen molar-refractivity contribution < 1.29 is 9.53 Å². The number of nitrogens with two attached hydrogens (primary N) is 1. The van der Waals surface area contributed by atoms with Crippen LogP contribution in [0.1, 0.15) is 29.5 Å². The van der Waals surface area contributed by atoms with Crippen molar-refractivity contribution >= 4 is 5.91 Å². The minimum absolute atomic E-state index is 0.0432. The molecular formula is C14H22N2O2. The molecule has 0 atom stereocenters. The van der Waals surface area contributed by atoms with Gasteiger partial charge in [0.2, 0.25) is 5.91 Å². The molecule has 0 aromatic heterocycles. The Kier molecular flexibility index (Phi) is 5.16. The number of nitrogens with zero attached hydrogens (tertiary/aromatic N) is 1. The molecule has 0 fully saturated rings. The molecule has 0 saturated heterocycles. The Morgan fingerprint density at radius 1 is 1.39 bits per heavy atom. The molecule has 0 bridgehead atoms. The van der Waals surface area contributed by atoms with E-state index in [0.29, 0.717) is 6.42 Å². The first-order valence-corrected chi connectivity index (χ1v) is 6.11. The standard InChI is InChI=1S/C14H22N2O2/c1-10-8-11(2)14(18-4)12(9-10)6-5-7-13(17)16(3)15/h8-9H,5-7,15H2,1-4H3. The van der Waals surface area contributed by atoms with E-state index in [1.54, 1.807) is 14.2 Å². The first kappa shape index (κ1) is 14.5. The Morgan fingerprint density at radius 2 is 2.06 bits per heavy atom. The second-order valence-corrected chi connectivity index (χ2v) is 4.63. The van der Waals surface area contributed by atoms with Crippen molar-refractivity contribution in [1.82, 2.24) is 5.01 Å². The van der Waals surface area contributed by atoms with E-state index in [9.17, 15) is 4.79 Å². The number of ether oxygens (including phenoxy) is 1. The third-order valence-corrected chi connectivity index (χ3v) is 2.93. The molecule has 0 saturated carbocycles. The average molecular weight is 250 g/mol. The number of carbonyl (C=O) groups is 1. The van der Waals surface area contributed by atoms with Gasteiger partial charge in [-0.3, -0.25) is 9.80 Å². The van der Waals surface area contributed by atoms with E-state index >= 15 is 0 Å². The predicted molar refractivity (Wildman–Crippen MR) is 72.4 cm³/mol. The van der Waals surface area contributed by atoms with Crippen LogP contribution < -0.4 is 10.6 Å². The fourth-order valence-corrected chi connectivity index (χ4v) is 2.13. The van der Waals surface area contributed by atoms with Crippen LogP contribution >= 0.6 is 0 Å². The van der Waals surface area contributed by atoms with Gasteiger partial charge < -0.3 is 4.74 Å². The van der Waals surface area contributed by atoms with Gasteiger partial charge in [0.15, 0.2) is 0 Å². The lowest BCUT2D eigenvalue weighted by Gasteiger charge is -2.13. The molecular weight excluding hydrogens is 228 g/mol. The monoisotopic (exact) mass is 250 g/mol. The fraction of sp³-hybridized carbons (Fsp3) is 0.500. The fourth-order valence-electron chi connectivity index (χ4n) is 2.13. The second kappa shape index (κ2) is 6.40. The lowest BCUT2D eigenvalue weighted by molar-refractivity contribution is -0.130. The van der Waals surface area contributed by atoms with Crippen LogP contribution in [0.5, 0.6) is 5.75 Å². The van der Waals surface area contributed by atoms with Gasteiger partial charge in [-0.2, -0.15) is 0 Å². The van der Waals surface area contributed by atoms with Gasteiger partial charge in [0.1, 0.15) is 5.75 Å². The van der Waals surface area contributed by atoms with E-state index in [-0.39, 0.29) is 5.91 Å². The Hall–Kier alpha value is -1.55. The molecule has 1 rings (SSSR count). The molecule has 0 aliphatic heterocycles. The third kappa shape index (κ3) is 3.74. The summed E-state index contributed by atoms with van der Waals surface area (Å²) in [5, 5.41) is 1.14. The van der Waals surface area contributed by atoms with Crippen LogP contribution in [0.2, 0.25) is 0 Å². The Morgan fingerprint density at radius 3 is 2.61 bits per heavy atom. The van der Waals surface area contributed by atoms with E-state index in [4.69, 9.17) is 10.6 Å². The summed E-state index contributed by atoms with van der Waals surface area (Å²) in [4.78, 5) is 11.4. The quantitative estimate of drug-likeness (QED) is 0.494. The summed E-state index contributed by atoms with van der Waals surface area (Å²) in [6, 6.07) is 4.21. The molecule has 0 aliphatic carbocycles. The van der Waals surface area contributed by atoms with E-state index in [0.717, 1.165) is 34.7 Å². The highest BCUT2D eigenvalue weighted by atomic mass is 16.5. The maximum atomic E-state index is 11.4. The van der Waals surface area contributed by atoms with Gasteiger partial charge in [0.25, 0.3) is 0 Å². The number of hydrazine groups is 1. The van der Waals surface area contributed by atoms with Crippen LogP contribution in [0.3, 0.4) is 0 Å². The van der Waals surface area contributed by atoms with Crippen molar-refractivity contribution in [1.29, 1.82) is 0 Å². The highest BCUT2D eigenvalue weighted by molar-refractivity contribution is 5.75. The lowest BCUT2D eigenvalue weighted by atomic mass is 10.0. The van der Waals surface area contributed by atoms with Crippen LogP contribution in [-0.2, 0) is 11.2 Å². The summed E-state index contributed by atoms with van der Waals surface area (Å²) in [5.41, 5.74) is 3.50. The molecule has 2 N–H and O–H groups in total. The van der Waals surface area contributed by atoms with Crippen LogP contribution in [0.4, 0.5) is 0 Å². The number of hydrogen-bond acceptors (Lipinski definition) is 3. The van der Waals surface area contributed by atoms with Gasteiger partial charge in [0.05, 0.1) is 7.11 Å². The highest BCUT2D eigenvalue weighted by Gasteiger charge is 2.09. The molecule has 1 aromatic rings. The minimum atomic E-state index is -0.0432. The van der Waals surface area contributed by atoms with Crippen LogP contribution in [-0.4, -0.2) is 25.1 Å². The number of methoxy groups -OCH3 is 1. The molecule has 100 valence electrons. The predicted octanol–water partition coefficient (Wildman–Crippen LogP) is 1.97. The Bertz CT molecular complexity index is 428. The Labute approximate surface area is 109 Å². The van der Waals surface area contributed by atoms with E-state index in [2.05, 4.69) is 19.1 Å². The summed E-state index contributed by atoms with van der Waals surface area (Å²) in [6.07, 6.45) is 2.06. The number of aryl methyl sites for hydroxylation is 3. The van der Waals surface area contributed by atoms with Gasteiger partial charge in [-0.05, 0) is 37.8 Å². The molecule has 0 heterocycles. The first-order valence-electron chi connectivity index (χ1n) is 6.11. The van der Waals surface area contributed by atoms with Crippen LogP contribution in [0.25, 0.3) is 0 Å². The molecule has 0 aliphatic rings. The second-order valence-electron chi connectivity index (χ2n) is 4.63. The van der Waals surface area contributed by atoms with Crippen molar-refractivity contribution in [3.63, 3.8) is 0 Å². The summed E-state index contributed by atoms with van der Waals surface area (Å²) in [7, 11) is 3.25. The highest BCUT2D eigenvalue weighted by Crippen LogP contribution is 2.26. The van der Waals surface area contributed by atoms with E-state index in [1.165, 1.54) is 5.56 Å². The van der Waals surface area contributed by atoms with Crippen molar-refractivity contribution in [2.24, 2.45) is 5.84 Å². The van der Waals surface area contributed by atoms with Crippen molar-refractivity contribution in [2.75, 3.05) is 14.2 Å². The minimum Gasteiger partial charge on any atom is -0.496 e. The normalized spacial score (nSPS) is 10.3. The van der Waals surface area contributed by atoms with E-state index < -0.39 is 0 Å². The molecule has 4 nitrogen and oxygen atoms in total. The largest absolute Gasteiger partial charge is 0.496 e. The molecule has 0 spiro atoms. The number of amides is 1. The average Bonchev–Trinajstić information content (AvgIpc) is 2.28. The molecule has 1 amide bonds. The van der Waals surface area contributed by atoms with Crippen molar-refractivity contribution in [3.05, 3.63) is 28.8 Å². The SMILES string of the molecule is COc1c(C)cc(C)cc1CCCC(=O)N(C)N. The van der Waals surface area contributed by atoms with Gasteiger partial charge in [-0.15, -0.1) is 0 Å². The zero-order valence-electron chi connectivity index (χ0n) is 11.6. The number of carbonyl (C=O) groups excluding carboxylic acids is 1. The first-order chi connectivity index (χ1) is 8.45. The van der Waals surface area contributed by atoms with E-state index in [1.807, 2.05) is 6.92 Å². The summed E-state index contributed by atoms with van der Waals surface area (Å²) >= 11 is 0. The molecule has 18 heavy (non-hydrogen) atoms. The maximum Gasteiger partial charge on any atom is 0.236 e. The lowest BCUT2D eigenvalue weighted by Crippen LogP contribution is -2.32. The number of rotatable bonds is 5. The summed E-state index contributed by atoms with van der Waals surface area (Å²) in [5.74, 6) is 6.26. The molecule has 1 aromatic carbocycles. The van der Waals surface area contributed by atoms with Gasteiger partial charge in [0, 0.05) is 13.5 Å². The summed E-state index contributed by atoms with van der Waals surface area (Å²) in [6.45, 7) is 4.10. The van der Waals surface area contributed by atoms with Crippen LogP contribution in [0, 0.1) is 13.8 Å². The molecule has 4 heteroatoms.